The number of hydrogen-bond acceptors (Lipinski definition) is 2. The van der Waals surface area contributed by atoms with Crippen LogP contribution in [0.1, 0.15) is 25.7 Å². The van der Waals surface area contributed by atoms with E-state index < -0.39 is 11.9 Å². The van der Waals surface area contributed by atoms with Crippen LogP contribution in [-0.2, 0) is 4.79 Å². The van der Waals surface area contributed by atoms with Crippen molar-refractivity contribution in [1.29, 1.82) is 5.26 Å². The molecule has 1 N–H and O–H groups in total. The van der Waals surface area contributed by atoms with E-state index >= 15 is 0 Å². The first-order valence-corrected chi connectivity index (χ1v) is 3.88. The number of aliphatic carboxylic acids is 1. The second-order valence-corrected chi connectivity index (χ2v) is 2.96. The van der Waals surface area contributed by atoms with Gasteiger partial charge in [0.05, 0.1) is 17.9 Å². The smallest absolute Gasteiger partial charge is 0.307 e. The lowest BCUT2D eigenvalue weighted by atomic mass is 9.80. The van der Waals surface area contributed by atoms with Gasteiger partial charge in [0.1, 0.15) is 0 Å². The molecule has 3 nitrogen and oxygen atoms in total. The van der Waals surface area contributed by atoms with Crippen LogP contribution in [0.15, 0.2) is 0 Å². The lowest BCUT2D eigenvalue weighted by molar-refractivity contribution is -0.144. The van der Waals surface area contributed by atoms with Gasteiger partial charge in [0, 0.05) is 0 Å². The molecule has 60 valence electrons. The van der Waals surface area contributed by atoms with E-state index in [1.54, 1.807) is 0 Å². The average Bonchev–Trinajstić information content (AvgIpc) is 2.04. The molecule has 0 aromatic carbocycles. The Kier molecular flexibility index (Phi) is 2.48. The first kappa shape index (κ1) is 8.06. The molecule has 1 rings (SSSR count). The minimum Gasteiger partial charge on any atom is -0.481 e. The van der Waals surface area contributed by atoms with Crippen LogP contribution in [-0.4, -0.2) is 11.1 Å². The van der Waals surface area contributed by atoms with Gasteiger partial charge in [-0.2, -0.15) is 5.26 Å². The molecule has 3 heteroatoms. The highest BCUT2D eigenvalue weighted by atomic mass is 16.4. The molecule has 0 heterocycles. The fourth-order valence-electron chi connectivity index (χ4n) is 1.58. The molecule has 0 aromatic rings. The fraction of sp³-hybridized carbons (Fsp3) is 0.750. The molecule has 1 saturated carbocycles. The van der Waals surface area contributed by atoms with Gasteiger partial charge in [-0.15, -0.1) is 0 Å². The zero-order valence-electron chi connectivity index (χ0n) is 6.29. The van der Waals surface area contributed by atoms with E-state index in [-0.39, 0.29) is 5.92 Å². The summed E-state index contributed by atoms with van der Waals surface area (Å²) in [5, 5.41) is 17.3. The van der Waals surface area contributed by atoms with Crippen molar-refractivity contribution < 1.29 is 9.90 Å². The molecule has 0 bridgehead atoms. The number of rotatable bonds is 1. The predicted octanol–water partition coefficient (Wildman–Crippen LogP) is 1.40. The third kappa shape index (κ3) is 1.70. The van der Waals surface area contributed by atoms with Crippen LogP contribution in [0.25, 0.3) is 0 Å². The van der Waals surface area contributed by atoms with Crippen LogP contribution in [0.3, 0.4) is 0 Å². The zero-order valence-corrected chi connectivity index (χ0v) is 6.29. The molecule has 1 aliphatic rings. The van der Waals surface area contributed by atoms with E-state index in [2.05, 4.69) is 6.07 Å². The quantitative estimate of drug-likeness (QED) is 0.619. The Morgan fingerprint density at radius 1 is 1.45 bits per heavy atom. The van der Waals surface area contributed by atoms with Crippen molar-refractivity contribution in [3.05, 3.63) is 0 Å². The van der Waals surface area contributed by atoms with Gasteiger partial charge >= 0.3 is 5.97 Å². The Hall–Kier alpha value is -1.04. The number of carboxylic acid groups (broad SMARTS) is 1. The van der Waals surface area contributed by atoms with Gasteiger partial charge in [-0.05, 0) is 12.8 Å². The lowest BCUT2D eigenvalue weighted by Crippen LogP contribution is -2.25. The van der Waals surface area contributed by atoms with Gasteiger partial charge in [-0.1, -0.05) is 12.8 Å². The van der Waals surface area contributed by atoms with Gasteiger partial charge in [0.2, 0.25) is 0 Å². The van der Waals surface area contributed by atoms with E-state index in [0.29, 0.717) is 6.42 Å². The molecule has 0 aliphatic heterocycles. The first-order chi connectivity index (χ1) is 5.25. The highest BCUT2D eigenvalue weighted by Crippen LogP contribution is 2.29. The van der Waals surface area contributed by atoms with Crippen molar-refractivity contribution in [3.63, 3.8) is 0 Å². The summed E-state index contributed by atoms with van der Waals surface area (Å²) in [6, 6.07) is 2.05. The van der Waals surface area contributed by atoms with E-state index in [4.69, 9.17) is 10.4 Å². The van der Waals surface area contributed by atoms with Gasteiger partial charge in [0.15, 0.2) is 0 Å². The van der Waals surface area contributed by atoms with Crippen molar-refractivity contribution >= 4 is 5.97 Å². The minimum absolute atomic E-state index is 0.249. The van der Waals surface area contributed by atoms with Gasteiger partial charge < -0.3 is 5.11 Å². The summed E-state index contributed by atoms with van der Waals surface area (Å²) in [5.41, 5.74) is 0. The van der Waals surface area contributed by atoms with Crippen LogP contribution >= 0.6 is 0 Å². The normalized spacial score (nSPS) is 30.8. The highest BCUT2D eigenvalue weighted by molar-refractivity contribution is 5.70. The average molecular weight is 153 g/mol. The highest BCUT2D eigenvalue weighted by Gasteiger charge is 2.30. The second kappa shape index (κ2) is 3.38. The third-order valence-corrected chi connectivity index (χ3v) is 2.25. The van der Waals surface area contributed by atoms with E-state index in [0.717, 1.165) is 19.3 Å². The minimum atomic E-state index is -0.809. The van der Waals surface area contributed by atoms with Crippen LogP contribution in [0, 0.1) is 23.2 Å². The molecule has 0 spiro atoms. The molecule has 2 atom stereocenters. The van der Waals surface area contributed by atoms with Gasteiger partial charge in [-0.3, -0.25) is 4.79 Å². The SMILES string of the molecule is N#C[C@H]1CCCC[C@H]1C(=O)O. The molecular formula is C8H11NO2. The Balaban J connectivity index is 2.60. The molecule has 0 radical (unpaired) electrons. The number of carbonyl (C=O) groups is 1. The maximum Gasteiger partial charge on any atom is 0.307 e. The monoisotopic (exact) mass is 153 g/mol. The van der Waals surface area contributed by atoms with Crippen LogP contribution in [0.4, 0.5) is 0 Å². The van der Waals surface area contributed by atoms with Crippen molar-refractivity contribution in [3.8, 4) is 6.07 Å². The predicted molar refractivity (Wildman–Crippen MR) is 38.7 cm³/mol. The molecule has 0 unspecified atom stereocenters. The summed E-state index contributed by atoms with van der Waals surface area (Å²) in [6.45, 7) is 0. The Labute approximate surface area is 65.6 Å². The van der Waals surface area contributed by atoms with Crippen LogP contribution < -0.4 is 0 Å². The zero-order chi connectivity index (χ0) is 8.27. The molecular weight excluding hydrogens is 142 g/mol. The summed E-state index contributed by atoms with van der Waals surface area (Å²) < 4.78 is 0. The Bertz CT molecular complexity index is 195. The maximum absolute atomic E-state index is 10.6. The van der Waals surface area contributed by atoms with Crippen LogP contribution in [0.2, 0.25) is 0 Å². The number of nitrogens with zero attached hydrogens (tertiary/aromatic N) is 1. The summed E-state index contributed by atoms with van der Waals surface area (Å²) in [5.74, 6) is -1.47. The fourth-order valence-corrected chi connectivity index (χ4v) is 1.58. The lowest BCUT2D eigenvalue weighted by Gasteiger charge is -2.22. The van der Waals surface area contributed by atoms with E-state index in [9.17, 15) is 4.79 Å². The molecule has 0 aromatic heterocycles. The number of hydrogen-bond donors (Lipinski definition) is 1. The standard InChI is InChI=1S/C8H11NO2/c9-5-6-3-1-2-4-7(6)8(10)11/h6-7H,1-4H2,(H,10,11)/t6-,7-/m1/s1. The van der Waals surface area contributed by atoms with Crippen molar-refractivity contribution in [2.45, 2.75) is 25.7 Å². The van der Waals surface area contributed by atoms with Crippen molar-refractivity contribution in [2.75, 3.05) is 0 Å². The summed E-state index contributed by atoms with van der Waals surface area (Å²) in [6.07, 6.45) is 3.39. The van der Waals surface area contributed by atoms with E-state index in [1.165, 1.54) is 0 Å². The summed E-state index contributed by atoms with van der Waals surface area (Å²) >= 11 is 0. The van der Waals surface area contributed by atoms with E-state index in [1.807, 2.05) is 0 Å². The van der Waals surface area contributed by atoms with Gasteiger partial charge in [-0.25, -0.2) is 0 Å². The maximum atomic E-state index is 10.6. The largest absolute Gasteiger partial charge is 0.481 e. The topological polar surface area (TPSA) is 61.1 Å². The molecule has 0 saturated heterocycles. The summed E-state index contributed by atoms with van der Waals surface area (Å²) in [7, 11) is 0. The third-order valence-electron chi connectivity index (χ3n) is 2.25. The van der Waals surface area contributed by atoms with Crippen molar-refractivity contribution in [2.24, 2.45) is 11.8 Å². The molecule has 1 fully saturated rings. The molecule has 11 heavy (non-hydrogen) atoms. The number of nitriles is 1. The Morgan fingerprint density at radius 3 is 2.55 bits per heavy atom. The summed E-state index contributed by atoms with van der Waals surface area (Å²) in [4.78, 5) is 10.6. The Morgan fingerprint density at radius 2 is 2.09 bits per heavy atom. The second-order valence-electron chi connectivity index (χ2n) is 2.96. The van der Waals surface area contributed by atoms with Gasteiger partial charge in [0.25, 0.3) is 0 Å². The molecule has 1 aliphatic carbocycles. The molecule has 0 amide bonds. The number of carboxylic acids is 1. The van der Waals surface area contributed by atoms with Crippen LogP contribution in [0.5, 0.6) is 0 Å². The van der Waals surface area contributed by atoms with Crippen molar-refractivity contribution in [1.82, 2.24) is 0 Å². The first-order valence-electron chi connectivity index (χ1n) is 3.88.